The Morgan fingerprint density at radius 1 is 1.18 bits per heavy atom. The molecule has 0 heterocycles. The van der Waals surface area contributed by atoms with Crippen molar-refractivity contribution in [3.8, 4) is 5.75 Å². The van der Waals surface area contributed by atoms with Gasteiger partial charge in [0.05, 0.1) is 11.7 Å². The molecule has 22 heavy (non-hydrogen) atoms. The fourth-order valence-electron chi connectivity index (χ4n) is 1.71. The molecule has 0 aliphatic heterocycles. The van der Waals surface area contributed by atoms with Crippen LogP contribution in [-0.4, -0.2) is 12.0 Å². The monoisotopic (exact) mass is 320 g/mol. The van der Waals surface area contributed by atoms with Crippen LogP contribution in [0.15, 0.2) is 53.4 Å². The molecule has 2 aromatic carbocycles. The van der Waals surface area contributed by atoms with E-state index in [0.29, 0.717) is 5.75 Å². The Balaban J connectivity index is 1.96. The Morgan fingerprint density at radius 2 is 1.91 bits per heavy atom. The first kappa shape index (κ1) is 16.3. The van der Waals surface area contributed by atoms with Crippen molar-refractivity contribution in [1.29, 1.82) is 0 Å². The van der Waals surface area contributed by atoms with Crippen molar-refractivity contribution in [2.75, 3.05) is 0 Å². The van der Waals surface area contributed by atoms with Crippen LogP contribution in [0.5, 0.6) is 5.75 Å². The number of rotatable bonds is 6. The molecule has 0 aromatic heterocycles. The Kier molecular flexibility index (Phi) is 5.80. The molecule has 0 atom stereocenters. The van der Waals surface area contributed by atoms with E-state index in [2.05, 4.69) is 10.3 Å². The minimum absolute atomic E-state index is 0.0480. The highest BCUT2D eigenvalue weighted by Crippen LogP contribution is 2.18. The lowest BCUT2D eigenvalue weighted by Crippen LogP contribution is -2.33. The van der Waals surface area contributed by atoms with E-state index in [0.717, 1.165) is 4.90 Å². The predicted octanol–water partition coefficient (Wildman–Crippen LogP) is 3.55. The van der Waals surface area contributed by atoms with Crippen molar-refractivity contribution in [3.05, 3.63) is 59.9 Å². The molecule has 2 N–H and O–H groups in total. The summed E-state index contributed by atoms with van der Waals surface area (Å²) in [4.78, 5) is 15.6. The molecule has 116 valence electrons. The topological polar surface area (TPSA) is 50.4 Å². The van der Waals surface area contributed by atoms with Crippen LogP contribution in [0.25, 0.3) is 0 Å². The maximum atomic E-state index is 13.8. The Labute approximate surface area is 133 Å². The van der Waals surface area contributed by atoms with Crippen LogP contribution in [0, 0.1) is 5.82 Å². The molecular weight excluding hydrogens is 303 g/mol. The number of ether oxygens (including phenoxy) is 1. The van der Waals surface area contributed by atoms with Crippen molar-refractivity contribution in [1.82, 2.24) is 10.3 Å². The molecule has 0 saturated heterocycles. The van der Waals surface area contributed by atoms with Gasteiger partial charge in [0.25, 0.3) is 5.91 Å². The van der Waals surface area contributed by atoms with E-state index in [9.17, 15) is 9.18 Å². The van der Waals surface area contributed by atoms with E-state index in [4.69, 9.17) is 4.74 Å². The average molecular weight is 320 g/mol. The zero-order valence-corrected chi connectivity index (χ0v) is 13.1. The van der Waals surface area contributed by atoms with Crippen LogP contribution < -0.4 is 15.0 Å². The van der Waals surface area contributed by atoms with Gasteiger partial charge in [0, 0.05) is 4.90 Å². The summed E-state index contributed by atoms with van der Waals surface area (Å²) >= 11 is 1.23. The smallest absolute Gasteiger partial charge is 0.269 e. The number of nitrogens with one attached hydrogen (secondary N) is 2. The quantitative estimate of drug-likeness (QED) is 0.631. The first-order valence-electron chi connectivity index (χ1n) is 6.79. The van der Waals surface area contributed by atoms with Crippen molar-refractivity contribution in [3.63, 3.8) is 0 Å². The fourth-order valence-corrected chi connectivity index (χ4v) is 2.27. The SMILES string of the molecule is CC(C)Oc1ccc(F)c(C(=O)NNSc2ccccc2)c1. The number of hydrogen-bond donors (Lipinski definition) is 2. The lowest BCUT2D eigenvalue weighted by molar-refractivity contribution is 0.0942. The highest BCUT2D eigenvalue weighted by Gasteiger charge is 2.13. The van der Waals surface area contributed by atoms with Gasteiger partial charge in [-0.05, 0) is 56.1 Å². The normalized spacial score (nSPS) is 10.5. The summed E-state index contributed by atoms with van der Waals surface area (Å²) in [6.07, 6.45) is -0.0480. The molecule has 2 rings (SSSR count). The molecule has 0 saturated carbocycles. The Morgan fingerprint density at radius 3 is 2.59 bits per heavy atom. The fraction of sp³-hybridized carbons (Fsp3) is 0.188. The molecule has 0 spiro atoms. The van der Waals surface area contributed by atoms with Crippen molar-refractivity contribution in [2.24, 2.45) is 0 Å². The van der Waals surface area contributed by atoms with Crippen LogP contribution in [-0.2, 0) is 0 Å². The second-order valence-electron chi connectivity index (χ2n) is 4.78. The third-order valence-corrected chi connectivity index (χ3v) is 3.34. The summed E-state index contributed by atoms with van der Waals surface area (Å²) in [6, 6.07) is 13.6. The van der Waals surface area contributed by atoms with E-state index in [1.165, 1.54) is 30.1 Å². The molecular formula is C16H17FN2O2S. The second kappa shape index (κ2) is 7.82. The van der Waals surface area contributed by atoms with Crippen molar-refractivity contribution in [2.45, 2.75) is 24.8 Å². The highest BCUT2D eigenvalue weighted by molar-refractivity contribution is 7.97. The lowest BCUT2D eigenvalue weighted by atomic mass is 10.2. The molecule has 0 bridgehead atoms. The van der Waals surface area contributed by atoms with E-state index >= 15 is 0 Å². The molecule has 2 aromatic rings. The van der Waals surface area contributed by atoms with Gasteiger partial charge in [0.2, 0.25) is 0 Å². The number of halogens is 1. The van der Waals surface area contributed by atoms with E-state index < -0.39 is 11.7 Å². The maximum Gasteiger partial charge on any atom is 0.269 e. The summed E-state index contributed by atoms with van der Waals surface area (Å²) in [5.41, 5.74) is 2.38. The average Bonchev–Trinajstić information content (AvgIpc) is 2.49. The van der Waals surface area contributed by atoms with Crippen LogP contribution in [0.2, 0.25) is 0 Å². The van der Waals surface area contributed by atoms with Gasteiger partial charge < -0.3 is 4.74 Å². The van der Waals surface area contributed by atoms with Gasteiger partial charge >= 0.3 is 0 Å². The van der Waals surface area contributed by atoms with Gasteiger partial charge in [-0.2, -0.15) is 4.83 Å². The number of amides is 1. The molecule has 1 amide bonds. The van der Waals surface area contributed by atoms with Gasteiger partial charge in [0.15, 0.2) is 0 Å². The molecule has 0 aliphatic rings. The Hall–Kier alpha value is -2.05. The van der Waals surface area contributed by atoms with Gasteiger partial charge in [-0.1, -0.05) is 18.2 Å². The van der Waals surface area contributed by atoms with Crippen molar-refractivity contribution < 1.29 is 13.9 Å². The van der Waals surface area contributed by atoms with Gasteiger partial charge in [-0.15, -0.1) is 0 Å². The summed E-state index contributed by atoms with van der Waals surface area (Å²) in [5.74, 6) is -0.701. The van der Waals surface area contributed by atoms with Gasteiger partial charge in [-0.25, -0.2) is 4.39 Å². The minimum Gasteiger partial charge on any atom is -0.491 e. The van der Waals surface area contributed by atoms with E-state index in [-0.39, 0.29) is 11.7 Å². The minimum atomic E-state index is -0.597. The number of benzene rings is 2. The first-order valence-corrected chi connectivity index (χ1v) is 7.61. The maximum absolute atomic E-state index is 13.8. The standard InChI is InChI=1S/C16H17FN2O2S/c1-11(2)21-12-8-9-15(17)14(10-12)16(20)18-19-22-13-6-4-3-5-7-13/h3-11,19H,1-2H3,(H,18,20). The van der Waals surface area contributed by atoms with Crippen LogP contribution in [0.4, 0.5) is 4.39 Å². The second-order valence-corrected chi connectivity index (χ2v) is 5.66. The number of carbonyl (C=O) groups is 1. The Bertz CT molecular complexity index is 635. The molecule has 6 heteroatoms. The molecule has 0 radical (unpaired) electrons. The van der Waals surface area contributed by atoms with Crippen LogP contribution >= 0.6 is 11.9 Å². The van der Waals surface area contributed by atoms with Crippen LogP contribution in [0.3, 0.4) is 0 Å². The van der Waals surface area contributed by atoms with Crippen molar-refractivity contribution >= 4 is 17.9 Å². The van der Waals surface area contributed by atoms with Gasteiger partial charge in [-0.3, -0.25) is 10.2 Å². The summed E-state index contributed by atoms with van der Waals surface area (Å²) in [6.45, 7) is 3.72. The summed E-state index contributed by atoms with van der Waals surface area (Å²) < 4.78 is 19.2. The highest BCUT2D eigenvalue weighted by atomic mass is 32.2. The van der Waals surface area contributed by atoms with Gasteiger partial charge in [0.1, 0.15) is 11.6 Å². The lowest BCUT2D eigenvalue weighted by Gasteiger charge is -2.12. The zero-order valence-electron chi connectivity index (χ0n) is 12.3. The third-order valence-electron chi connectivity index (χ3n) is 2.63. The number of hydrogen-bond acceptors (Lipinski definition) is 4. The van der Waals surface area contributed by atoms with Crippen LogP contribution in [0.1, 0.15) is 24.2 Å². The summed E-state index contributed by atoms with van der Waals surface area (Å²) in [5, 5.41) is 0. The largest absolute Gasteiger partial charge is 0.491 e. The number of hydrazine groups is 1. The molecule has 4 nitrogen and oxygen atoms in total. The molecule has 0 aliphatic carbocycles. The zero-order chi connectivity index (χ0) is 15.9. The van der Waals surface area contributed by atoms with E-state index in [1.54, 1.807) is 0 Å². The number of carbonyl (C=O) groups excluding carboxylic acids is 1. The third kappa shape index (κ3) is 4.75. The summed E-state index contributed by atoms with van der Waals surface area (Å²) in [7, 11) is 0. The predicted molar refractivity (Wildman–Crippen MR) is 85.1 cm³/mol. The van der Waals surface area contributed by atoms with E-state index in [1.807, 2.05) is 44.2 Å². The molecule has 0 unspecified atom stereocenters. The molecule has 0 fully saturated rings. The first-order chi connectivity index (χ1) is 10.6.